The van der Waals surface area contributed by atoms with Gasteiger partial charge in [0.25, 0.3) is 5.89 Å². The monoisotopic (exact) mass is 342 g/mol. The molecule has 3 rings (SSSR count). The quantitative estimate of drug-likeness (QED) is 0.837. The Kier molecular flexibility index (Phi) is 6.17. The number of rotatable bonds is 7. The van der Waals surface area contributed by atoms with Gasteiger partial charge in [-0.2, -0.15) is 4.98 Å². The normalized spacial score (nSPS) is 18.2. The van der Waals surface area contributed by atoms with E-state index in [2.05, 4.69) is 27.4 Å². The van der Waals surface area contributed by atoms with Crippen LogP contribution in [0, 0.1) is 5.92 Å². The number of likely N-dealkylation sites (tertiary alicyclic amines) is 1. The summed E-state index contributed by atoms with van der Waals surface area (Å²) >= 11 is 0. The van der Waals surface area contributed by atoms with Crippen LogP contribution >= 0.6 is 0 Å². The van der Waals surface area contributed by atoms with Gasteiger partial charge in [-0.25, -0.2) is 0 Å². The van der Waals surface area contributed by atoms with Crippen molar-refractivity contribution in [3.8, 4) is 11.5 Å². The predicted molar refractivity (Wildman–Crippen MR) is 95.9 cm³/mol. The van der Waals surface area contributed by atoms with Gasteiger partial charge >= 0.3 is 0 Å². The lowest BCUT2D eigenvalue weighted by molar-refractivity contribution is -0.121. The third-order valence-corrected chi connectivity index (χ3v) is 4.66. The second kappa shape index (κ2) is 8.76. The van der Waals surface area contributed by atoms with Crippen molar-refractivity contribution in [1.82, 2.24) is 20.4 Å². The van der Waals surface area contributed by atoms with Gasteiger partial charge < -0.3 is 14.7 Å². The second-order valence-electron chi connectivity index (χ2n) is 6.79. The number of amides is 1. The number of aromatic nitrogens is 2. The highest BCUT2D eigenvalue weighted by Gasteiger charge is 2.18. The van der Waals surface area contributed by atoms with Gasteiger partial charge in [0, 0.05) is 31.5 Å². The largest absolute Gasteiger partial charge is 0.356 e. The number of carbonyl (C=O) groups is 1. The fourth-order valence-corrected chi connectivity index (χ4v) is 3.30. The number of nitrogens with zero attached hydrogens (tertiary/aromatic N) is 3. The first kappa shape index (κ1) is 17.6. The van der Waals surface area contributed by atoms with Crippen molar-refractivity contribution in [3.63, 3.8) is 0 Å². The maximum absolute atomic E-state index is 12.0. The molecule has 2 aromatic rings. The van der Waals surface area contributed by atoms with E-state index in [0.29, 0.717) is 37.0 Å². The van der Waals surface area contributed by atoms with Crippen molar-refractivity contribution in [2.24, 2.45) is 5.92 Å². The first-order valence-corrected chi connectivity index (χ1v) is 9.04. The average Bonchev–Trinajstić information content (AvgIpc) is 3.10. The van der Waals surface area contributed by atoms with Crippen LogP contribution in [0.15, 0.2) is 34.9 Å². The van der Waals surface area contributed by atoms with E-state index in [-0.39, 0.29) is 5.91 Å². The lowest BCUT2D eigenvalue weighted by Gasteiger charge is -2.29. The van der Waals surface area contributed by atoms with Gasteiger partial charge in [-0.1, -0.05) is 23.4 Å². The Morgan fingerprint density at radius 1 is 1.36 bits per heavy atom. The SMILES string of the molecule is CN1CCC[C@H](CCC(=O)NCCc2noc(-c3ccccc3)n2)C1. The Labute approximate surface area is 148 Å². The van der Waals surface area contributed by atoms with Crippen LogP contribution in [0.3, 0.4) is 0 Å². The maximum atomic E-state index is 12.0. The second-order valence-corrected chi connectivity index (χ2v) is 6.79. The smallest absolute Gasteiger partial charge is 0.257 e. The molecular formula is C19H26N4O2. The molecule has 0 aliphatic carbocycles. The van der Waals surface area contributed by atoms with E-state index in [1.54, 1.807) is 0 Å². The third-order valence-electron chi connectivity index (χ3n) is 4.66. The predicted octanol–water partition coefficient (Wildman–Crippen LogP) is 2.52. The topological polar surface area (TPSA) is 71.3 Å². The van der Waals surface area contributed by atoms with Crippen LogP contribution in [0.25, 0.3) is 11.5 Å². The van der Waals surface area contributed by atoms with E-state index < -0.39 is 0 Å². The van der Waals surface area contributed by atoms with Crippen molar-refractivity contribution in [3.05, 3.63) is 36.2 Å². The highest BCUT2D eigenvalue weighted by molar-refractivity contribution is 5.75. The molecule has 6 heteroatoms. The van der Waals surface area contributed by atoms with Crippen LogP contribution in [-0.4, -0.2) is 47.6 Å². The standard InChI is InChI=1S/C19H26N4O2/c1-23-13-5-6-15(14-23)9-10-18(24)20-12-11-17-21-19(25-22-17)16-7-3-2-4-8-16/h2-4,7-8,15H,5-6,9-14H2,1H3,(H,20,24)/t15-/m1/s1. The van der Waals surface area contributed by atoms with Crippen molar-refractivity contribution >= 4 is 5.91 Å². The minimum absolute atomic E-state index is 0.111. The Morgan fingerprint density at radius 2 is 2.20 bits per heavy atom. The zero-order chi connectivity index (χ0) is 17.5. The fraction of sp³-hybridized carbons (Fsp3) is 0.526. The van der Waals surface area contributed by atoms with Gasteiger partial charge in [0.05, 0.1) is 0 Å². The summed E-state index contributed by atoms with van der Waals surface area (Å²) in [5.41, 5.74) is 0.905. The average molecular weight is 342 g/mol. The zero-order valence-electron chi connectivity index (χ0n) is 14.8. The van der Waals surface area contributed by atoms with Crippen LogP contribution in [0.1, 0.15) is 31.5 Å². The molecular weight excluding hydrogens is 316 g/mol. The molecule has 1 saturated heterocycles. The number of hydrogen-bond acceptors (Lipinski definition) is 5. The summed E-state index contributed by atoms with van der Waals surface area (Å²) in [6.07, 6.45) is 4.62. The maximum Gasteiger partial charge on any atom is 0.257 e. The molecule has 134 valence electrons. The summed E-state index contributed by atoms with van der Waals surface area (Å²) in [6.45, 7) is 2.83. The van der Waals surface area contributed by atoms with Crippen molar-refractivity contribution in [1.29, 1.82) is 0 Å². The van der Waals surface area contributed by atoms with E-state index in [1.165, 1.54) is 19.4 Å². The molecule has 0 spiro atoms. The Morgan fingerprint density at radius 3 is 3.00 bits per heavy atom. The number of carbonyl (C=O) groups excluding carboxylic acids is 1. The molecule has 25 heavy (non-hydrogen) atoms. The van der Waals surface area contributed by atoms with Gasteiger partial charge in [0.1, 0.15) is 0 Å². The van der Waals surface area contributed by atoms with Crippen molar-refractivity contribution in [2.75, 3.05) is 26.7 Å². The lowest BCUT2D eigenvalue weighted by Crippen LogP contribution is -2.33. The molecule has 1 aromatic heterocycles. The molecule has 1 aromatic carbocycles. The summed E-state index contributed by atoms with van der Waals surface area (Å²) in [5.74, 6) is 1.89. The van der Waals surface area contributed by atoms with Crippen molar-refractivity contribution in [2.45, 2.75) is 32.1 Å². The number of piperidine rings is 1. The molecule has 0 radical (unpaired) electrons. The molecule has 2 heterocycles. The molecule has 0 unspecified atom stereocenters. The van der Waals surface area contributed by atoms with Crippen LogP contribution in [-0.2, 0) is 11.2 Å². The Bertz CT molecular complexity index is 671. The van der Waals surface area contributed by atoms with E-state index in [0.717, 1.165) is 18.5 Å². The Hall–Kier alpha value is -2.21. The van der Waals surface area contributed by atoms with Crippen LogP contribution in [0.5, 0.6) is 0 Å². The van der Waals surface area contributed by atoms with E-state index in [4.69, 9.17) is 4.52 Å². The molecule has 1 aliphatic heterocycles. The minimum atomic E-state index is 0.111. The van der Waals surface area contributed by atoms with Gasteiger partial charge in [-0.05, 0) is 50.9 Å². The third kappa shape index (κ3) is 5.39. The molecule has 1 atom stereocenters. The van der Waals surface area contributed by atoms with Gasteiger partial charge in [0.15, 0.2) is 5.82 Å². The van der Waals surface area contributed by atoms with E-state index in [9.17, 15) is 4.79 Å². The van der Waals surface area contributed by atoms with Gasteiger partial charge in [0.2, 0.25) is 5.91 Å². The number of nitrogens with one attached hydrogen (secondary N) is 1. The summed E-state index contributed by atoms with van der Waals surface area (Å²) in [4.78, 5) is 18.7. The molecule has 6 nitrogen and oxygen atoms in total. The van der Waals surface area contributed by atoms with Gasteiger partial charge in [-0.3, -0.25) is 4.79 Å². The highest BCUT2D eigenvalue weighted by atomic mass is 16.5. The minimum Gasteiger partial charge on any atom is -0.356 e. The molecule has 1 aliphatic rings. The van der Waals surface area contributed by atoms with Crippen LogP contribution in [0.2, 0.25) is 0 Å². The Balaban J connectivity index is 1.36. The van der Waals surface area contributed by atoms with Crippen LogP contribution in [0.4, 0.5) is 0 Å². The number of benzene rings is 1. The molecule has 1 N–H and O–H groups in total. The van der Waals surface area contributed by atoms with Crippen LogP contribution < -0.4 is 5.32 Å². The van der Waals surface area contributed by atoms with E-state index >= 15 is 0 Å². The molecule has 1 fully saturated rings. The zero-order valence-corrected chi connectivity index (χ0v) is 14.8. The highest BCUT2D eigenvalue weighted by Crippen LogP contribution is 2.19. The summed E-state index contributed by atoms with van der Waals surface area (Å²) in [6, 6.07) is 9.68. The first-order chi connectivity index (χ1) is 12.2. The molecule has 0 saturated carbocycles. The van der Waals surface area contributed by atoms with Crippen molar-refractivity contribution < 1.29 is 9.32 Å². The molecule has 1 amide bonds. The summed E-state index contributed by atoms with van der Waals surface area (Å²) in [7, 11) is 2.15. The van der Waals surface area contributed by atoms with Gasteiger partial charge in [-0.15, -0.1) is 0 Å². The fourth-order valence-electron chi connectivity index (χ4n) is 3.30. The summed E-state index contributed by atoms with van der Waals surface area (Å²) in [5, 5.41) is 6.93. The lowest BCUT2D eigenvalue weighted by atomic mass is 9.93. The van der Waals surface area contributed by atoms with E-state index in [1.807, 2.05) is 30.3 Å². The number of hydrogen-bond donors (Lipinski definition) is 1. The summed E-state index contributed by atoms with van der Waals surface area (Å²) < 4.78 is 5.27. The first-order valence-electron chi connectivity index (χ1n) is 9.04. The molecule has 0 bridgehead atoms.